The maximum atomic E-state index is 12.9. The molecule has 0 aromatic heterocycles. The molecule has 0 bridgehead atoms. The van der Waals surface area contributed by atoms with Gasteiger partial charge in [0.05, 0.1) is 16.2 Å². The number of nitro groups is 1. The molecule has 3 rings (SSSR count). The first-order valence-electron chi connectivity index (χ1n) is 7.12. The monoisotopic (exact) mass is 368 g/mol. The van der Waals surface area contributed by atoms with Crippen molar-refractivity contribution in [3.05, 3.63) is 69.8 Å². The molecule has 1 fully saturated rings. The molecule has 5 nitrogen and oxygen atoms in total. The molecule has 1 aliphatic rings. The predicted molar refractivity (Wildman–Crippen MR) is 87.2 cm³/mol. The number of nitro benzene ring substituents is 1. The minimum atomic E-state index is -4.52. The Bertz CT molecular complexity index is 841. The highest BCUT2D eigenvalue weighted by Crippen LogP contribution is 2.43. The largest absolute Gasteiger partial charge is 0.416 e. The van der Waals surface area contributed by atoms with Crippen LogP contribution in [-0.2, 0) is 11.0 Å². The molecule has 2 aromatic rings. The first-order valence-corrected chi connectivity index (χ1v) is 8.17. The van der Waals surface area contributed by atoms with Crippen molar-refractivity contribution in [2.75, 3.05) is 10.7 Å². The summed E-state index contributed by atoms with van der Waals surface area (Å²) in [6.45, 7) is 0. The van der Waals surface area contributed by atoms with Gasteiger partial charge < -0.3 is 0 Å². The molecule has 0 unspecified atom stereocenters. The third-order valence-electron chi connectivity index (χ3n) is 3.69. The Morgan fingerprint density at radius 3 is 2.56 bits per heavy atom. The van der Waals surface area contributed by atoms with Gasteiger partial charge in [0.1, 0.15) is 5.37 Å². The van der Waals surface area contributed by atoms with Gasteiger partial charge in [-0.05, 0) is 23.8 Å². The number of carbonyl (C=O) groups is 1. The number of thioether (sulfide) groups is 1. The normalized spacial score (nSPS) is 17.8. The van der Waals surface area contributed by atoms with Crippen LogP contribution in [0.15, 0.2) is 48.5 Å². The Kier molecular flexibility index (Phi) is 4.42. The lowest BCUT2D eigenvalue weighted by Gasteiger charge is -2.25. The highest BCUT2D eigenvalue weighted by atomic mass is 32.2. The van der Waals surface area contributed by atoms with Gasteiger partial charge in [-0.15, -0.1) is 11.8 Å². The third-order valence-corrected chi connectivity index (χ3v) is 4.90. The number of alkyl halides is 3. The van der Waals surface area contributed by atoms with E-state index in [2.05, 4.69) is 0 Å². The van der Waals surface area contributed by atoms with Crippen LogP contribution in [0.1, 0.15) is 16.5 Å². The van der Waals surface area contributed by atoms with E-state index in [0.29, 0.717) is 5.56 Å². The molecule has 130 valence electrons. The summed E-state index contributed by atoms with van der Waals surface area (Å²) in [4.78, 5) is 23.9. The number of carbonyl (C=O) groups excluding carboxylic acids is 1. The van der Waals surface area contributed by atoms with Gasteiger partial charge in [0, 0.05) is 17.8 Å². The van der Waals surface area contributed by atoms with Gasteiger partial charge in [-0.2, -0.15) is 13.2 Å². The summed E-state index contributed by atoms with van der Waals surface area (Å²) in [5.74, 6) is -0.260. The summed E-state index contributed by atoms with van der Waals surface area (Å²) in [5.41, 5.74) is -0.391. The molecule has 1 heterocycles. The Balaban J connectivity index is 2.01. The van der Waals surface area contributed by atoms with Gasteiger partial charge >= 0.3 is 6.18 Å². The predicted octanol–water partition coefficient (Wildman–Crippen LogP) is 4.39. The van der Waals surface area contributed by atoms with E-state index in [1.54, 1.807) is 6.07 Å². The Morgan fingerprint density at radius 2 is 1.88 bits per heavy atom. The molecular weight excluding hydrogens is 357 g/mol. The summed E-state index contributed by atoms with van der Waals surface area (Å²) in [5, 5.41) is 10.3. The van der Waals surface area contributed by atoms with E-state index in [-0.39, 0.29) is 23.0 Å². The van der Waals surface area contributed by atoms with Gasteiger partial charge in [-0.25, -0.2) is 0 Å². The van der Waals surface area contributed by atoms with E-state index in [1.807, 2.05) is 0 Å². The topological polar surface area (TPSA) is 63.4 Å². The number of hydrogen-bond acceptors (Lipinski definition) is 4. The second-order valence-corrected chi connectivity index (χ2v) is 6.40. The van der Waals surface area contributed by atoms with Crippen molar-refractivity contribution in [3.63, 3.8) is 0 Å². The Morgan fingerprint density at radius 1 is 1.16 bits per heavy atom. The molecular formula is C16H11F3N2O3S. The van der Waals surface area contributed by atoms with Crippen molar-refractivity contribution in [3.8, 4) is 0 Å². The van der Waals surface area contributed by atoms with Crippen LogP contribution in [0.3, 0.4) is 0 Å². The zero-order chi connectivity index (χ0) is 18.2. The van der Waals surface area contributed by atoms with Crippen LogP contribution in [0.2, 0.25) is 0 Å². The van der Waals surface area contributed by atoms with Crippen molar-refractivity contribution in [2.45, 2.75) is 11.6 Å². The first-order chi connectivity index (χ1) is 11.8. The smallest absolute Gasteiger partial charge is 0.295 e. The Hall–Kier alpha value is -2.55. The van der Waals surface area contributed by atoms with E-state index < -0.39 is 22.0 Å². The standard InChI is InChI=1S/C16H11F3N2O3S/c17-16(18,19)11-4-2-5-12(8-11)20-14(22)9-25-15(20)10-3-1-6-13(7-10)21(23)24/h1-8,15H,9H2/t15-/m1/s1. The molecule has 0 aliphatic carbocycles. The van der Waals surface area contributed by atoms with E-state index in [0.717, 1.165) is 12.1 Å². The number of amides is 1. The molecule has 1 amide bonds. The maximum absolute atomic E-state index is 12.9. The first kappa shape index (κ1) is 17.3. The number of non-ortho nitro benzene ring substituents is 1. The van der Waals surface area contributed by atoms with Crippen LogP contribution in [0.5, 0.6) is 0 Å². The number of halogens is 3. The zero-order valence-electron chi connectivity index (χ0n) is 12.6. The second kappa shape index (κ2) is 6.40. The van der Waals surface area contributed by atoms with Gasteiger partial charge in [-0.3, -0.25) is 19.8 Å². The van der Waals surface area contributed by atoms with Crippen LogP contribution < -0.4 is 4.90 Å². The highest BCUT2D eigenvalue weighted by Gasteiger charge is 2.36. The van der Waals surface area contributed by atoms with E-state index in [9.17, 15) is 28.1 Å². The number of benzene rings is 2. The number of nitrogens with zero attached hydrogens (tertiary/aromatic N) is 2. The van der Waals surface area contributed by atoms with E-state index in [1.165, 1.54) is 47.0 Å². The molecule has 25 heavy (non-hydrogen) atoms. The average Bonchev–Trinajstić information content (AvgIpc) is 2.96. The van der Waals surface area contributed by atoms with Crippen molar-refractivity contribution < 1.29 is 22.9 Å². The lowest BCUT2D eigenvalue weighted by molar-refractivity contribution is -0.384. The van der Waals surface area contributed by atoms with E-state index in [4.69, 9.17) is 0 Å². The maximum Gasteiger partial charge on any atom is 0.416 e. The fourth-order valence-electron chi connectivity index (χ4n) is 2.57. The minimum Gasteiger partial charge on any atom is -0.295 e. The van der Waals surface area contributed by atoms with E-state index >= 15 is 0 Å². The van der Waals surface area contributed by atoms with Crippen LogP contribution in [-0.4, -0.2) is 16.6 Å². The fourth-order valence-corrected chi connectivity index (χ4v) is 3.74. The third kappa shape index (κ3) is 3.46. The molecule has 2 aromatic carbocycles. The molecule has 0 radical (unpaired) electrons. The summed E-state index contributed by atoms with van der Waals surface area (Å²) < 4.78 is 38.8. The van der Waals surface area contributed by atoms with Gasteiger partial charge in [0.15, 0.2) is 0 Å². The molecule has 0 saturated carbocycles. The van der Waals surface area contributed by atoms with Crippen molar-refractivity contribution in [1.29, 1.82) is 0 Å². The lowest BCUT2D eigenvalue weighted by Crippen LogP contribution is -2.28. The second-order valence-electron chi connectivity index (χ2n) is 5.33. The summed E-state index contributed by atoms with van der Waals surface area (Å²) in [6, 6.07) is 10.2. The molecule has 9 heteroatoms. The van der Waals surface area contributed by atoms with Gasteiger partial charge in [0.2, 0.25) is 5.91 Å². The molecule has 1 atom stereocenters. The summed E-state index contributed by atoms with van der Waals surface area (Å²) >= 11 is 1.21. The van der Waals surface area contributed by atoms with Crippen LogP contribution in [0.25, 0.3) is 0 Å². The van der Waals surface area contributed by atoms with Gasteiger partial charge in [0.25, 0.3) is 5.69 Å². The average molecular weight is 368 g/mol. The molecule has 0 N–H and O–H groups in total. The summed E-state index contributed by atoms with van der Waals surface area (Å²) in [6.07, 6.45) is -4.52. The van der Waals surface area contributed by atoms with Gasteiger partial charge in [-0.1, -0.05) is 18.2 Å². The molecule has 1 aliphatic heterocycles. The minimum absolute atomic E-state index is 0.0869. The quantitative estimate of drug-likeness (QED) is 0.595. The molecule has 1 saturated heterocycles. The van der Waals surface area contributed by atoms with Crippen molar-refractivity contribution >= 4 is 29.0 Å². The van der Waals surface area contributed by atoms with Crippen LogP contribution in [0.4, 0.5) is 24.5 Å². The van der Waals surface area contributed by atoms with Crippen LogP contribution in [0, 0.1) is 10.1 Å². The number of rotatable bonds is 3. The SMILES string of the molecule is O=C1CS[C@H](c2cccc([N+](=O)[O-])c2)N1c1cccc(C(F)(F)F)c1. The number of anilines is 1. The summed E-state index contributed by atoms with van der Waals surface area (Å²) in [7, 11) is 0. The fraction of sp³-hybridized carbons (Fsp3) is 0.188. The number of hydrogen-bond donors (Lipinski definition) is 0. The zero-order valence-corrected chi connectivity index (χ0v) is 13.4. The molecule has 0 spiro atoms. The lowest BCUT2D eigenvalue weighted by atomic mass is 10.1. The Labute approximate surface area is 144 Å². The van der Waals surface area contributed by atoms with Crippen molar-refractivity contribution in [1.82, 2.24) is 0 Å². The highest BCUT2D eigenvalue weighted by molar-refractivity contribution is 8.00. The van der Waals surface area contributed by atoms with Crippen molar-refractivity contribution in [2.24, 2.45) is 0 Å². The van der Waals surface area contributed by atoms with Crippen LogP contribution >= 0.6 is 11.8 Å².